The number of benzene rings is 2. The van der Waals surface area contributed by atoms with E-state index in [1.807, 2.05) is 36.4 Å². The molecule has 2 aliphatic heterocycles. The Morgan fingerprint density at radius 2 is 1.77 bits per heavy atom. The van der Waals surface area contributed by atoms with Gasteiger partial charge >= 0.3 is 0 Å². The summed E-state index contributed by atoms with van der Waals surface area (Å²) in [4.78, 5) is 31.5. The first-order valence-electron chi connectivity index (χ1n) is 16.5. The van der Waals surface area contributed by atoms with E-state index in [2.05, 4.69) is 29.0 Å². The normalized spacial score (nSPS) is 21.2. The number of ether oxygens (including phenoxy) is 3. The van der Waals surface area contributed by atoms with E-state index in [1.54, 1.807) is 7.11 Å². The molecule has 8 nitrogen and oxygen atoms in total. The molecule has 2 aromatic rings. The molecule has 2 saturated heterocycles. The van der Waals surface area contributed by atoms with Gasteiger partial charge in [-0.1, -0.05) is 24.3 Å². The molecular formula is C35H51N3O5. The van der Waals surface area contributed by atoms with Crippen LogP contribution < -0.4 is 10.1 Å². The van der Waals surface area contributed by atoms with E-state index in [0.717, 1.165) is 94.2 Å². The fourth-order valence-electron chi connectivity index (χ4n) is 6.77. The van der Waals surface area contributed by atoms with E-state index in [4.69, 9.17) is 14.2 Å². The number of rotatable bonds is 14. The lowest BCUT2D eigenvalue weighted by Gasteiger charge is -2.40. The first-order valence-corrected chi connectivity index (χ1v) is 16.5. The molecule has 2 aromatic carbocycles. The summed E-state index contributed by atoms with van der Waals surface area (Å²) in [5, 5.41) is 5.76. The first kappa shape index (κ1) is 31.7. The minimum Gasteiger partial charge on any atom is -0.493 e. The van der Waals surface area contributed by atoms with Crippen LogP contribution in [0.2, 0.25) is 0 Å². The van der Waals surface area contributed by atoms with Gasteiger partial charge in [-0.2, -0.15) is 0 Å². The number of carbonyl (C=O) groups excluding carboxylic acids is 2. The summed E-state index contributed by atoms with van der Waals surface area (Å²) in [6, 6.07) is 13.0. The summed E-state index contributed by atoms with van der Waals surface area (Å²) in [5.74, 6) is 1.59. The number of nitrogens with one attached hydrogen (secondary N) is 1. The van der Waals surface area contributed by atoms with E-state index < -0.39 is 0 Å². The van der Waals surface area contributed by atoms with Gasteiger partial charge in [0, 0.05) is 88.0 Å². The molecule has 0 aromatic heterocycles. The van der Waals surface area contributed by atoms with Crippen LogP contribution in [-0.2, 0) is 14.3 Å². The predicted octanol–water partition coefficient (Wildman–Crippen LogP) is 5.42. The Balaban J connectivity index is 1.18. The van der Waals surface area contributed by atoms with Gasteiger partial charge in [0.1, 0.15) is 5.75 Å². The fraction of sp³-hybridized carbons (Fsp3) is 0.657. The molecule has 2 heterocycles. The van der Waals surface area contributed by atoms with Gasteiger partial charge in [-0.05, 0) is 82.2 Å². The quantitative estimate of drug-likeness (QED) is 0.295. The van der Waals surface area contributed by atoms with Crippen LogP contribution in [0.4, 0.5) is 0 Å². The van der Waals surface area contributed by atoms with Crippen LogP contribution in [0.15, 0.2) is 36.4 Å². The third kappa shape index (κ3) is 8.49. The molecule has 2 amide bonds. The van der Waals surface area contributed by atoms with E-state index in [1.165, 1.54) is 0 Å². The Hall–Kier alpha value is -2.68. The zero-order valence-electron chi connectivity index (χ0n) is 26.4. The third-order valence-corrected chi connectivity index (χ3v) is 9.33. The van der Waals surface area contributed by atoms with Crippen molar-refractivity contribution in [3.05, 3.63) is 42.0 Å². The second-order valence-electron chi connectivity index (χ2n) is 12.9. The highest BCUT2D eigenvalue weighted by atomic mass is 16.5. The number of hydrogen-bond donors (Lipinski definition) is 1. The van der Waals surface area contributed by atoms with E-state index in [-0.39, 0.29) is 18.0 Å². The van der Waals surface area contributed by atoms with Crippen molar-refractivity contribution in [3.63, 3.8) is 0 Å². The van der Waals surface area contributed by atoms with Gasteiger partial charge in [0.15, 0.2) is 0 Å². The Kier molecular flexibility index (Phi) is 11.3. The number of hydrogen-bond acceptors (Lipinski definition) is 6. The van der Waals surface area contributed by atoms with Crippen molar-refractivity contribution < 1.29 is 23.8 Å². The van der Waals surface area contributed by atoms with E-state index in [9.17, 15) is 9.59 Å². The van der Waals surface area contributed by atoms with Crippen molar-refractivity contribution in [2.75, 3.05) is 46.6 Å². The molecule has 43 heavy (non-hydrogen) atoms. The number of nitrogens with zero attached hydrogens (tertiary/aromatic N) is 2. The fourth-order valence-corrected chi connectivity index (χ4v) is 6.77. The number of amides is 2. The number of methoxy groups -OCH3 is 1. The second-order valence-corrected chi connectivity index (χ2v) is 12.9. The number of piperidine rings is 1. The van der Waals surface area contributed by atoms with Crippen LogP contribution >= 0.6 is 0 Å². The summed E-state index contributed by atoms with van der Waals surface area (Å²) < 4.78 is 16.8. The van der Waals surface area contributed by atoms with Crippen molar-refractivity contribution >= 4 is 22.6 Å². The smallest absolute Gasteiger partial charge is 0.254 e. The lowest BCUT2D eigenvalue weighted by molar-refractivity contribution is -0.133. The second kappa shape index (κ2) is 15.4. The van der Waals surface area contributed by atoms with Crippen molar-refractivity contribution in [2.24, 2.45) is 5.92 Å². The summed E-state index contributed by atoms with van der Waals surface area (Å²) in [7, 11) is 1.69. The maximum atomic E-state index is 14.0. The average molecular weight is 594 g/mol. The van der Waals surface area contributed by atoms with Gasteiger partial charge < -0.3 is 29.3 Å². The van der Waals surface area contributed by atoms with Gasteiger partial charge in [-0.25, -0.2) is 0 Å². The summed E-state index contributed by atoms with van der Waals surface area (Å²) in [5.41, 5.74) is 0.666. The van der Waals surface area contributed by atoms with Gasteiger partial charge in [0.25, 0.3) is 5.91 Å². The zero-order valence-corrected chi connectivity index (χ0v) is 26.4. The third-order valence-electron chi connectivity index (χ3n) is 9.33. The predicted molar refractivity (Wildman–Crippen MR) is 170 cm³/mol. The first-order chi connectivity index (χ1) is 20.9. The van der Waals surface area contributed by atoms with Crippen LogP contribution in [0.1, 0.15) is 82.0 Å². The molecule has 0 spiro atoms. The van der Waals surface area contributed by atoms with Crippen molar-refractivity contribution in [2.45, 2.75) is 95.8 Å². The highest BCUT2D eigenvalue weighted by Gasteiger charge is 2.35. The van der Waals surface area contributed by atoms with Crippen LogP contribution in [0.25, 0.3) is 10.8 Å². The Morgan fingerprint density at radius 3 is 2.47 bits per heavy atom. The van der Waals surface area contributed by atoms with Crippen LogP contribution in [0.3, 0.4) is 0 Å². The SMILES string of the molecule is COCCCOc1cc(C(=O)N(C(C)C)[C@@H]2CC[C@H](CCN(C(=O)CC3CCOCC3)C3CC3)NC2)cc2ccccc12. The van der Waals surface area contributed by atoms with E-state index >= 15 is 0 Å². The molecule has 2 atom stereocenters. The molecule has 5 rings (SSSR count). The minimum absolute atomic E-state index is 0.0476. The van der Waals surface area contributed by atoms with Crippen molar-refractivity contribution in [3.8, 4) is 5.75 Å². The van der Waals surface area contributed by atoms with E-state index in [0.29, 0.717) is 49.1 Å². The number of fused-ring (bicyclic) bond motifs is 1. The molecule has 0 unspecified atom stereocenters. The molecule has 1 aliphatic carbocycles. The van der Waals surface area contributed by atoms with Crippen LogP contribution in [0, 0.1) is 5.92 Å². The summed E-state index contributed by atoms with van der Waals surface area (Å²) in [6.07, 6.45) is 8.66. The van der Waals surface area contributed by atoms with Crippen molar-refractivity contribution in [1.29, 1.82) is 0 Å². The molecule has 0 bridgehead atoms. The standard InChI is InChI=1S/C35H51N3O5/c1-25(2)38(35(40)28-22-27-7-4-5-8-32(27)33(23-28)43-18-6-17-41-3)31-10-9-29(36-24-31)13-16-37(30-11-12-30)34(39)21-26-14-19-42-20-15-26/h4-5,7-8,22-23,25-26,29-31,36H,6,9-21,24H2,1-3H3/t29-,31-/m1/s1. The molecule has 236 valence electrons. The topological polar surface area (TPSA) is 80.3 Å². The van der Waals surface area contributed by atoms with Gasteiger partial charge in [-0.3, -0.25) is 9.59 Å². The lowest BCUT2D eigenvalue weighted by atomic mass is 9.94. The minimum atomic E-state index is 0.0476. The van der Waals surface area contributed by atoms with Gasteiger partial charge in [0.05, 0.1) is 6.61 Å². The summed E-state index contributed by atoms with van der Waals surface area (Å²) >= 11 is 0. The largest absolute Gasteiger partial charge is 0.493 e. The highest BCUT2D eigenvalue weighted by molar-refractivity contribution is 6.01. The lowest BCUT2D eigenvalue weighted by Crippen LogP contribution is -2.54. The molecule has 1 N–H and O–H groups in total. The monoisotopic (exact) mass is 593 g/mol. The maximum absolute atomic E-state index is 14.0. The maximum Gasteiger partial charge on any atom is 0.254 e. The average Bonchev–Trinajstić information content (AvgIpc) is 3.86. The van der Waals surface area contributed by atoms with Gasteiger partial charge in [-0.15, -0.1) is 0 Å². The molecule has 8 heteroatoms. The Bertz CT molecular complexity index is 1200. The summed E-state index contributed by atoms with van der Waals surface area (Å²) in [6.45, 7) is 8.54. The Labute approximate surface area is 257 Å². The Morgan fingerprint density at radius 1 is 1.00 bits per heavy atom. The van der Waals surface area contributed by atoms with Gasteiger partial charge in [0.2, 0.25) is 5.91 Å². The highest BCUT2D eigenvalue weighted by Crippen LogP contribution is 2.32. The zero-order chi connectivity index (χ0) is 30.2. The van der Waals surface area contributed by atoms with Crippen LogP contribution in [0.5, 0.6) is 5.75 Å². The molecule has 3 fully saturated rings. The molecular weight excluding hydrogens is 542 g/mol. The van der Waals surface area contributed by atoms with Crippen molar-refractivity contribution in [1.82, 2.24) is 15.1 Å². The molecule has 1 saturated carbocycles. The molecule has 3 aliphatic rings. The number of carbonyl (C=O) groups is 2. The van der Waals surface area contributed by atoms with Crippen LogP contribution in [-0.4, -0.2) is 92.4 Å². The molecule has 0 radical (unpaired) electrons.